The summed E-state index contributed by atoms with van der Waals surface area (Å²) in [6.45, 7) is 5.72. The lowest BCUT2D eigenvalue weighted by molar-refractivity contribution is 0.534. The predicted octanol–water partition coefficient (Wildman–Crippen LogP) is 8.86. The number of aromatic nitrogens is 2. The molecule has 1 aromatic heterocycles. The first kappa shape index (κ1) is 24.0. The predicted molar refractivity (Wildman–Crippen MR) is 129 cm³/mol. The summed E-state index contributed by atoms with van der Waals surface area (Å²) >= 11 is 0. The molecule has 2 nitrogen and oxygen atoms in total. The Bertz CT molecular complexity index is 643. The molecule has 1 heterocycles. The molecule has 0 saturated heterocycles. The lowest BCUT2D eigenvalue weighted by Gasteiger charge is -2.09. The monoisotopic (exact) mass is 398 g/mol. The van der Waals surface area contributed by atoms with Crippen molar-refractivity contribution in [2.75, 3.05) is 0 Å². The van der Waals surface area contributed by atoms with Crippen molar-refractivity contribution in [2.45, 2.75) is 130 Å². The van der Waals surface area contributed by atoms with Gasteiger partial charge in [-0.05, 0) is 25.0 Å². The second-order valence-corrected chi connectivity index (χ2v) is 8.87. The van der Waals surface area contributed by atoms with E-state index in [-0.39, 0.29) is 0 Å². The maximum atomic E-state index is 4.98. The minimum atomic E-state index is 1.14. The number of fused-ring (bicyclic) bond motifs is 1. The number of rotatable bonds is 18. The lowest BCUT2D eigenvalue weighted by Crippen LogP contribution is -2.04. The van der Waals surface area contributed by atoms with Gasteiger partial charge in [0.25, 0.3) is 0 Å². The molecular weight excluding hydrogens is 352 g/mol. The van der Waals surface area contributed by atoms with Crippen LogP contribution in [0.25, 0.3) is 11.0 Å². The Morgan fingerprint density at radius 3 is 1.76 bits per heavy atom. The van der Waals surface area contributed by atoms with Crippen molar-refractivity contribution in [3.8, 4) is 0 Å². The molecule has 0 aliphatic carbocycles. The molecule has 0 spiro atoms. The number of nitrogens with zero attached hydrogens (tertiary/aromatic N) is 2. The zero-order valence-electron chi connectivity index (χ0n) is 19.4. The van der Waals surface area contributed by atoms with Crippen molar-refractivity contribution >= 4 is 11.0 Å². The molecule has 0 N–H and O–H groups in total. The SMILES string of the molecule is CCCCCCCCCCCc1nc2ccccc2n1CCCCCCCCC. The third-order valence-electron chi connectivity index (χ3n) is 6.22. The molecule has 1 aromatic carbocycles. The zero-order valence-corrected chi connectivity index (χ0v) is 19.4. The van der Waals surface area contributed by atoms with E-state index in [1.807, 2.05) is 0 Å². The molecule has 0 amide bonds. The van der Waals surface area contributed by atoms with Gasteiger partial charge in [-0.15, -0.1) is 0 Å². The van der Waals surface area contributed by atoms with Crippen LogP contribution in [-0.2, 0) is 13.0 Å². The summed E-state index contributed by atoms with van der Waals surface area (Å²) in [5.74, 6) is 1.32. The molecule has 0 fully saturated rings. The Labute approximate surface area is 180 Å². The van der Waals surface area contributed by atoms with Gasteiger partial charge in [-0.25, -0.2) is 4.98 Å². The van der Waals surface area contributed by atoms with E-state index in [1.165, 1.54) is 120 Å². The van der Waals surface area contributed by atoms with E-state index in [4.69, 9.17) is 4.98 Å². The average molecular weight is 399 g/mol. The highest BCUT2D eigenvalue weighted by Gasteiger charge is 2.09. The van der Waals surface area contributed by atoms with Crippen LogP contribution >= 0.6 is 0 Å². The smallest absolute Gasteiger partial charge is 0.109 e. The van der Waals surface area contributed by atoms with Gasteiger partial charge in [0.15, 0.2) is 0 Å². The quantitative estimate of drug-likeness (QED) is 0.229. The maximum absolute atomic E-state index is 4.98. The largest absolute Gasteiger partial charge is 0.328 e. The molecular formula is C27H46N2. The standard InChI is InChI=1S/C27H46N2/c1-3-5-7-9-11-12-13-15-17-23-27-28-25-21-18-19-22-26(25)29(27)24-20-16-14-10-8-6-4-2/h18-19,21-22H,3-17,20,23-24H2,1-2H3. The Balaban J connectivity index is 1.72. The van der Waals surface area contributed by atoms with Gasteiger partial charge >= 0.3 is 0 Å². The van der Waals surface area contributed by atoms with Gasteiger partial charge < -0.3 is 4.57 Å². The number of hydrogen-bond donors (Lipinski definition) is 0. The summed E-state index contributed by atoms with van der Waals surface area (Å²) in [5.41, 5.74) is 2.52. The van der Waals surface area contributed by atoms with Gasteiger partial charge in [-0.1, -0.05) is 116 Å². The second kappa shape index (κ2) is 15.5. The van der Waals surface area contributed by atoms with E-state index in [9.17, 15) is 0 Å². The highest BCUT2D eigenvalue weighted by molar-refractivity contribution is 5.75. The third kappa shape index (κ3) is 9.36. The van der Waals surface area contributed by atoms with E-state index in [1.54, 1.807) is 0 Å². The molecule has 0 unspecified atom stereocenters. The van der Waals surface area contributed by atoms with Crippen molar-refractivity contribution in [3.05, 3.63) is 30.1 Å². The van der Waals surface area contributed by atoms with Crippen LogP contribution in [0.15, 0.2) is 24.3 Å². The topological polar surface area (TPSA) is 17.8 Å². The van der Waals surface area contributed by atoms with Crippen molar-refractivity contribution in [3.63, 3.8) is 0 Å². The van der Waals surface area contributed by atoms with Crippen LogP contribution in [0.2, 0.25) is 0 Å². The van der Waals surface area contributed by atoms with Crippen LogP contribution in [0, 0.1) is 0 Å². The number of unbranched alkanes of at least 4 members (excludes halogenated alkanes) is 14. The van der Waals surface area contributed by atoms with Crippen LogP contribution in [0.1, 0.15) is 122 Å². The Hall–Kier alpha value is -1.31. The van der Waals surface area contributed by atoms with Crippen molar-refractivity contribution in [1.82, 2.24) is 9.55 Å². The first-order chi connectivity index (χ1) is 14.4. The van der Waals surface area contributed by atoms with Crippen LogP contribution in [-0.4, -0.2) is 9.55 Å². The maximum Gasteiger partial charge on any atom is 0.109 e. The first-order valence-electron chi connectivity index (χ1n) is 12.8. The molecule has 0 atom stereocenters. The molecule has 0 aliphatic rings. The summed E-state index contributed by atoms with van der Waals surface area (Å²) in [6, 6.07) is 8.71. The summed E-state index contributed by atoms with van der Waals surface area (Å²) in [4.78, 5) is 4.98. The van der Waals surface area contributed by atoms with Crippen molar-refractivity contribution in [2.24, 2.45) is 0 Å². The number of imidazole rings is 1. The second-order valence-electron chi connectivity index (χ2n) is 8.87. The van der Waals surface area contributed by atoms with Gasteiger partial charge in [0.2, 0.25) is 0 Å². The number of hydrogen-bond acceptors (Lipinski definition) is 1. The summed E-state index contributed by atoms with van der Waals surface area (Å²) in [7, 11) is 0. The van der Waals surface area contributed by atoms with Gasteiger partial charge in [0, 0.05) is 13.0 Å². The third-order valence-corrected chi connectivity index (χ3v) is 6.22. The minimum absolute atomic E-state index is 1.14. The van der Waals surface area contributed by atoms with Crippen molar-refractivity contribution < 1.29 is 0 Å². The highest BCUT2D eigenvalue weighted by atomic mass is 15.1. The van der Waals surface area contributed by atoms with Gasteiger partial charge in [0.05, 0.1) is 11.0 Å². The van der Waals surface area contributed by atoms with Crippen molar-refractivity contribution in [1.29, 1.82) is 0 Å². The summed E-state index contributed by atoms with van der Waals surface area (Å²) in [6.07, 6.45) is 23.2. The molecule has 164 valence electrons. The zero-order chi connectivity index (χ0) is 20.6. The number of aryl methyl sites for hydroxylation is 2. The lowest BCUT2D eigenvalue weighted by atomic mass is 10.1. The van der Waals surface area contributed by atoms with Gasteiger partial charge in [-0.2, -0.15) is 0 Å². The van der Waals surface area contributed by atoms with E-state index >= 15 is 0 Å². The van der Waals surface area contributed by atoms with E-state index in [2.05, 4.69) is 42.7 Å². The molecule has 0 bridgehead atoms. The number of benzene rings is 1. The molecule has 0 aliphatic heterocycles. The Morgan fingerprint density at radius 2 is 1.14 bits per heavy atom. The Morgan fingerprint density at radius 1 is 0.621 bits per heavy atom. The fraction of sp³-hybridized carbons (Fsp3) is 0.741. The van der Waals surface area contributed by atoms with Gasteiger partial charge in [-0.3, -0.25) is 0 Å². The first-order valence-corrected chi connectivity index (χ1v) is 12.8. The van der Waals surface area contributed by atoms with Crippen LogP contribution in [0.5, 0.6) is 0 Å². The number of para-hydroxylation sites is 2. The Kier molecular flexibility index (Phi) is 12.8. The molecule has 2 heteroatoms. The molecule has 0 radical (unpaired) electrons. The fourth-order valence-electron chi connectivity index (χ4n) is 4.39. The normalized spacial score (nSPS) is 11.5. The summed E-state index contributed by atoms with van der Waals surface area (Å²) < 4.78 is 2.52. The molecule has 2 aromatic rings. The molecule has 0 saturated carbocycles. The molecule has 2 rings (SSSR count). The van der Waals surface area contributed by atoms with Crippen LogP contribution in [0.3, 0.4) is 0 Å². The average Bonchev–Trinajstić information content (AvgIpc) is 3.09. The summed E-state index contributed by atoms with van der Waals surface area (Å²) in [5, 5.41) is 0. The van der Waals surface area contributed by atoms with Crippen LogP contribution in [0.4, 0.5) is 0 Å². The fourth-order valence-corrected chi connectivity index (χ4v) is 4.39. The van der Waals surface area contributed by atoms with Gasteiger partial charge in [0.1, 0.15) is 5.82 Å². The van der Waals surface area contributed by atoms with E-state index in [0.717, 1.165) is 13.0 Å². The van der Waals surface area contributed by atoms with Crippen LogP contribution < -0.4 is 0 Å². The van der Waals surface area contributed by atoms with E-state index in [0.29, 0.717) is 0 Å². The minimum Gasteiger partial charge on any atom is -0.328 e. The highest BCUT2D eigenvalue weighted by Crippen LogP contribution is 2.20. The molecule has 29 heavy (non-hydrogen) atoms. The van der Waals surface area contributed by atoms with E-state index < -0.39 is 0 Å².